The summed E-state index contributed by atoms with van der Waals surface area (Å²) in [4.78, 5) is 36.9. The van der Waals surface area contributed by atoms with Crippen molar-refractivity contribution in [1.82, 2.24) is 5.32 Å². The van der Waals surface area contributed by atoms with E-state index in [2.05, 4.69) is 30.8 Å². The van der Waals surface area contributed by atoms with Crippen molar-refractivity contribution < 1.29 is 54.5 Å². The molecule has 0 saturated heterocycles. The number of carbonyl (C=O) groups excluding carboxylic acids is 3. The highest BCUT2D eigenvalue weighted by molar-refractivity contribution is 5.83. The summed E-state index contributed by atoms with van der Waals surface area (Å²) in [6, 6.07) is 0. The van der Waals surface area contributed by atoms with Gasteiger partial charge in [0.2, 0.25) is 5.91 Å². The molecule has 51 heavy (non-hydrogen) atoms. The number of hydrogen-bond acceptors (Lipinski definition) is 11. The third-order valence-corrected chi connectivity index (χ3v) is 14.2. The number of fused-ring (bicyclic) bond motifs is 4. The Labute approximate surface area is 303 Å². The largest absolute Gasteiger partial charge is 0.468 e. The summed E-state index contributed by atoms with van der Waals surface area (Å²) in [5.41, 5.74) is -2.47. The summed E-state index contributed by atoms with van der Waals surface area (Å²) in [6.07, 6.45) is 0.551. The first kappa shape index (κ1) is 41.7. The van der Waals surface area contributed by atoms with Gasteiger partial charge in [-0.05, 0) is 101 Å². The summed E-state index contributed by atoms with van der Waals surface area (Å²) >= 11 is 0. The van der Waals surface area contributed by atoms with E-state index >= 15 is 0 Å². The van der Waals surface area contributed by atoms with Crippen LogP contribution in [0.1, 0.15) is 120 Å². The predicted molar refractivity (Wildman–Crippen MR) is 189 cm³/mol. The van der Waals surface area contributed by atoms with E-state index in [4.69, 9.17) is 4.74 Å². The van der Waals surface area contributed by atoms with Gasteiger partial charge in [0.15, 0.2) is 0 Å². The van der Waals surface area contributed by atoms with E-state index in [0.717, 1.165) is 25.7 Å². The molecular formula is C39H65NO11. The Morgan fingerprint density at radius 1 is 0.961 bits per heavy atom. The van der Waals surface area contributed by atoms with Crippen molar-refractivity contribution in [3.8, 4) is 0 Å². The van der Waals surface area contributed by atoms with E-state index in [0.29, 0.717) is 25.7 Å². The SMILES string of the molecule is COC(=O)CNC(=O)CC(C)(O)CC(=O)O[C@H]1[C@H](O)C[C@]2(C)C3=C(CCC2C1(C)C)[C@]1(C)CC[C@H]([C@@H](CO)CC[C@@H](O)C(C)(C)O)[C@@]1(C)[C@@H](O)C3. The van der Waals surface area contributed by atoms with Crippen LogP contribution in [-0.2, 0) is 23.9 Å². The van der Waals surface area contributed by atoms with Crippen LogP contribution in [0.25, 0.3) is 0 Å². The van der Waals surface area contributed by atoms with Crippen LogP contribution in [0.3, 0.4) is 0 Å². The molecule has 0 aromatic heterocycles. The molecular weight excluding hydrogens is 658 g/mol. The molecule has 4 rings (SSSR count). The van der Waals surface area contributed by atoms with Gasteiger partial charge in [-0.25, -0.2) is 0 Å². The van der Waals surface area contributed by atoms with Crippen molar-refractivity contribution in [2.24, 2.45) is 39.4 Å². The average Bonchev–Trinajstić information content (AvgIpc) is 3.30. The molecule has 0 spiro atoms. The topological polar surface area (TPSA) is 203 Å². The van der Waals surface area contributed by atoms with Crippen molar-refractivity contribution in [2.45, 2.75) is 155 Å². The lowest BCUT2D eigenvalue weighted by Crippen LogP contribution is -2.62. The Balaban J connectivity index is 1.53. The lowest BCUT2D eigenvalue weighted by molar-refractivity contribution is -0.198. The summed E-state index contributed by atoms with van der Waals surface area (Å²) < 4.78 is 10.4. The van der Waals surface area contributed by atoms with Crippen molar-refractivity contribution in [3.63, 3.8) is 0 Å². The Hall–Kier alpha value is -2.09. The van der Waals surface area contributed by atoms with E-state index in [1.807, 2.05) is 13.8 Å². The second-order valence-electron chi connectivity index (χ2n) is 18.3. The van der Waals surface area contributed by atoms with Crippen LogP contribution in [0, 0.1) is 39.4 Å². The Morgan fingerprint density at radius 2 is 1.61 bits per heavy atom. The zero-order chi connectivity index (χ0) is 38.5. The van der Waals surface area contributed by atoms with Gasteiger partial charge >= 0.3 is 11.9 Å². The molecule has 0 aromatic rings. The summed E-state index contributed by atoms with van der Waals surface area (Å²) in [5.74, 6) is -2.11. The van der Waals surface area contributed by atoms with E-state index in [1.54, 1.807) is 13.8 Å². The van der Waals surface area contributed by atoms with Gasteiger partial charge in [-0.15, -0.1) is 0 Å². The molecule has 11 atom stereocenters. The second-order valence-corrected chi connectivity index (χ2v) is 18.3. The fourth-order valence-electron chi connectivity index (χ4n) is 11.2. The van der Waals surface area contributed by atoms with Gasteiger partial charge in [0.05, 0.1) is 49.5 Å². The number of carbonyl (C=O) groups is 3. The Kier molecular flexibility index (Phi) is 11.9. The Bertz CT molecular complexity index is 1350. The molecule has 0 heterocycles. The van der Waals surface area contributed by atoms with E-state index in [-0.39, 0.29) is 36.3 Å². The molecule has 1 amide bonds. The molecule has 12 nitrogen and oxygen atoms in total. The van der Waals surface area contributed by atoms with Gasteiger partial charge in [-0.3, -0.25) is 14.4 Å². The summed E-state index contributed by atoms with van der Waals surface area (Å²) in [6.45, 7) is 14.7. The fraction of sp³-hybridized carbons (Fsp3) is 0.872. The lowest BCUT2D eigenvalue weighted by atomic mass is 9.42. The molecule has 2 unspecified atom stereocenters. The number of esters is 2. The number of ether oxygens (including phenoxy) is 2. The van der Waals surface area contributed by atoms with Gasteiger partial charge in [0, 0.05) is 17.4 Å². The quantitative estimate of drug-likeness (QED) is 0.109. The second kappa shape index (κ2) is 14.6. The van der Waals surface area contributed by atoms with Crippen LogP contribution in [0.2, 0.25) is 0 Å². The highest BCUT2D eigenvalue weighted by Crippen LogP contribution is 2.72. The number of aliphatic hydroxyl groups excluding tert-OH is 4. The molecule has 292 valence electrons. The van der Waals surface area contributed by atoms with E-state index in [1.165, 1.54) is 25.2 Å². The van der Waals surface area contributed by atoms with E-state index < -0.39 is 82.6 Å². The standard InChI is InChI=1S/C39H65NO11/c1-34(2)27-12-11-24-25(16-29(44)39(8)23(14-15-38(24,39)7)22(21-41)10-13-28(43)35(3,4)48)37(27,6)17-26(42)33(34)51-31(46)19-36(5,49)18-30(45)40-20-32(47)50-9/h22-23,26-29,33,41-44,48-49H,10-21H2,1-9H3,(H,40,45)/t22-,23-,26-,27?,28-,29+,33+,36?,37-,38+,39+/m1/s1. The number of hydrogen-bond donors (Lipinski definition) is 7. The van der Waals surface area contributed by atoms with Gasteiger partial charge in [0.1, 0.15) is 12.6 Å². The number of aliphatic hydroxyl groups is 6. The molecule has 2 saturated carbocycles. The number of methoxy groups -OCH3 is 1. The molecule has 0 radical (unpaired) electrons. The molecule has 7 N–H and O–H groups in total. The van der Waals surface area contributed by atoms with Gasteiger partial charge in [-0.1, -0.05) is 45.8 Å². The molecule has 0 aromatic carbocycles. The van der Waals surface area contributed by atoms with Crippen molar-refractivity contribution in [3.05, 3.63) is 11.1 Å². The molecule has 4 aliphatic carbocycles. The van der Waals surface area contributed by atoms with Crippen LogP contribution >= 0.6 is 0 Å². The maximum absolute atomic E-state index is 13.2. The minimum Gasteiger partial charge on any atom is -0.468 e. The van der Waals surface area contributed by atoms with Gasteiger partial charge in [0.25, 0.3) is 0 Å². The zero-order valence-corrected chi connectivity index (χ0v) is 32.3. The van der Waals surface area contributed by atoms with Gasteiger partial charge < -0.3 is 45.4 Å². The zero-order valence-electron chi connectivity index (χ0n) is 32.3. The van der Waals surface area contributed by atoms with Crippen molar-refractivity contribution in [1.29, 1.82) is 0 Å². The fourth-order valence-corrected chi connectivity index (χ4v) is 11.2. The van der Waals surface area contributed by atoms with Gasteiger partial charge in [-0.2, -0.15) is 0 Å². The normalized spacial score (nSPS) is 36.9. The average molecular weight is 724 g/mol. The molecule has 0 aliphatic heterocycles. The third kappa shape index (κ3) is 7.65. The minimum absolute atomic E-state index is 0.0143. The van der Waals surface area contributed by atoms with Crippen LogP contribution < -0.4 is 5.32 Å². The summed E-state index contributed by atoms with van der Waals surface area (Å²) in [7, 11) is 1.19. The van der Waals surface area contributed by atoms with Crippen LogP contribution in [0.4, 0.5) is 0 Å². The first-order valence-corrected chi connectivity index (χ1v) is 18.7. The first-order valence-electron chi connectivity index (χ1n) is 18.7. The maximum atomic E-state index is 13.2. The summed E-state index contributed by atoms with van der Waals surface area (Å²) in [5, 5.41) is 68.5. The minimum atomic E-state index is -1.75. The third-order valence-electron chi connectivity index (χ3n) is 14.2. The van der Waals surface area contributed by atoms with Crippen LogP contribution in [0.5, 0.6) is 0 Å². The van der Waals surface area contributed by atoms with E-state index in [9.17, 15) is 45.0 Å². The predicted octanol–water partition coefficient (Wildman–Crippen LogP) is 2.93. The highest BCUT2D eigenvalue weighted by atomic mass is 16.6. The number of nitrogens with one attached hydrogen (secondary N) is 1. The number of rotatable bonds is 13. The molecule has 0 bridgehead atoms. The maximum Gasteiger partial charge on any atom is 0.325 e. The smallest absolute Gasteiger partial charge is 0.325 e. The monoisotopic (exact) mass is 723 g/mol. The van der Waals surface area contributed by atoms with Crippen LogP contribution in [-0.4, -0.2) is 104 Å². The molecule has 12 heteroatoms. The van der Waals surface area contributed by atoms with Crippen molar-refractivity contribution in [2.75, 3.05) is 20.3 Å². The molecule has 4 aliphatic rings. The Morgan fingerprint density at radius 3 is 2.20 bits per heavy atom. The van der Waals surface area contributed by atoms with Crippen LogP contribution in [0.15, 0.2) is 11.1 Å². The molecule has 2 fully saturated rings. The first-order chi connectivity index (χ1) is 23.4. The van der Waals surface area contributed by atoms with Crippen molar-refractivity contribution >= 4 is 17.8 Å². The lowest BCUT2D eigenvalue weighted by Gasteiger charge is -2.64. The number of allylic oxidation sites excluding steroid dienone is 1. The highest BCUT2D eigenvalue weighted by Gasteiger charge is 2.67. The number of amides is 1.